The van der Waals surface area contributed by atoms with Gasteiger partial charge < -0.3 is 0 Å². The first kappa shape index (κ1) is 9.39. The molecule has 10 heavy (non-hydrogen) atoms. The minimum absolute atomic E-state index is 0.788. The number of hydrogen-bond acceptors (Lipinski definition) is 1. The zero-order chi connectivity index (χ0) is 8.36. The molecule has 0 aliphatic heterocycles. The summed E-state index contributed by atoms with van der Waals surface area (Å²) in [6, 6.07) is 0. The predicted octanol–water partition coefficient (Wildman–Crippen LogP) is 1.87. The van der Waals surface area contributed by atoms with Crippen molar-refractivity contribution in [2.24, 2.45) is 0 Å². The molecule has 0 aliphatic carbocycles. The van der Waals surface area contributed by atoms with Crippen molar-refractivity contribution < 1.29 is 22.4 Å². The fourth-order valence-electron chi connectivity index (χ4n) is 0.347. The van der Waals surface area contributed by atoms with Gasteiger partial charge in [0.05, 0.1) is 6.42 Å². The highest BCUT2D eigenvalue weighted by atomic mass is 19.4. The first-order chi connectivity index (χ1) is 4.33. The van der Waals surface area contributed by atoms with Gasteiger partial charge in [-0.1, -0.05) is 0 Å². The lowest BCUT2D eigenvalue weighted by atomic mass is 10.2. The second kappa shape index (κ2) is 2.98. The molecule has 0 amide bonds. The fourth-order valence-corrected chi connectivity index (χ4v) is 0.347. The lowest BCUT2D eigenvalue weighted by Gasteiger charge is -2.06. The van der Waals surface area contributed by atoms with Crippen molar-refractivity contribution in [2.75, 3.05) is 0 Å². The van der Waals surface area contributed by atoms with Gasteiger partial charge >= 0.3 is 6.18 Å². The molecular formula is C5H6F4O. The number of hydrogen-bond donors (Lipinski definition) is 0. The number of alkyl halides is 4. The van der Waals surface area contributed by atoms with E-state index in [0.717, 1.165) is 6.92 Å². The highest BCUT2D eigenvalue weighted by Gasteiger charge is 2.33. The molecule has 0 N–H and O–H groups in total. The fraction of sp³-hybridized carbons (Fsp3) is 0.800. The van der Waals surface area contributed by atoms with Crippen molar-refractivity contribution in [1.82, 2.24) is 0 Å². The third-order valence-electron chi connectivity index (χ3n) is 0.852. The summed E-state index contributed by atoms with van der Waals surface area (Å²) in [5.74, 6) is -1.09. The molecule has 0 spiro atoms. The number of ketones is 1. The van der Waals surface area contributed by atoms with Crippen LogP contribution in [0, 0.1) is 0 Å². The van der Waals surface area contributed by atoms with Crippen LogP contribution in [0.25, 0.3) is 0 Å². The second-order valence-electron chi connectivity index (χ2n) is 1.90. The Bertz CT molecular complexity index is 128. The van der Waals surface area contributed by atoms with Gasteiger partial charge in [-0.15, -0.1) is 0 Å². The van der Waals surface area contributed by atoms with Crippen LogP contribution in [-0.4, -0.2) is 18.1 Å². The molecule has 1 nitrogen and oxygen atoms in total. The maximum absolute atomic E-state index is 12.0. The summed E-state index contributed by atoms with van der Waals surface area (Å²) in [5, 5.41) is 0. The van der Waals surface area contributed by atoms with Crippen LogP contribution in [0.1, 0.15) is 13.3 Å². The van der Waals surface area contributed by atoms with E-state index in [-0.39, 0.29) is 0 Å². The first-order valence-corrected chi connectivity index (χ1v) is 2.54. The van der Waals surface area contributed by atoms with Gasteiger partial charge in [-0.3, -0.25) is 4.79 Å². The third-order valence-corrected chi connectivity index (χ3v) is 0.852. The lowest BCUT2D eigenvalue weighted by molar-refractivity contribution is -0.154. The van der Waals surface area contributed by atoms with Crippen LogP contribution in [-0.2, 0) is 4.79 Å². The van der Waals surface area contributed by atoms with Gasteiger partial charge in [0.25, 0.3) is 0 Å². The highest BCUT2D eigenvalue weighted by molar-refractivity contribution is 5.80. The number of halogens is 4. The quantitative estimate of drug-likeness (QED) is 0.560. The molecule has 0 fully saturated rings. The van der Waals surface area contributed by atoms with Crippen molar-refractivity contribution in [1.29, 1.82) is 0 Å². The van der Waals surface area contributed by atoms with Crippen LogP contribution in [0.3, 0.4) is 0 Å². The van der Waals surface area contributed by atoms with Gasteiger partial charge in [-0.05, 0) is 6.92 Å². The Labute approximate surface area is 55.0 Å². The Morgan fingerprint density at radius 2 is 1.90 bits per heavy atom. The monoisotopic (exact) mass is 158 g/mol. The number of carbonyl (C=O) groups is 1. The first-order valence-electron chi connectivity index (χ1n) is 2.54. The van der Waals surface area contributed by atoms with Gasteiger partial charge in [0.15, 0.2) is 12.0 Å². The largest absolute Gasteiger partial charge is 0.392 e. The molecule has 0 radical (unpaired) electrons. The summed E-state index contributed by atoms with van der Waals surface area (Å²) in [4.78, 5) is 9.95. The SMILES string of the molecule is CC(=O)C(F)CC(F)(F)F. The summed E-state index contributed by atoms with van der Waals surface area (Å²) in [5.41, 5.74) is 0. The van der Waals surface area contributed by atoms with E-state index in [1.54, 1.807) is 0 Å². The van der Waals surface area contributed by atoms with E-state index < -0.39 is 24.6 Å². The lowest BCUT2D eigenvalue weighted by Crippen LogP contribution is -2.21. The van der Waals surface area contributed by atoms with E-state index in [2.05, 4.69) is 0 Å². The van der Waals surface area contributed by atoms with Crippen LogP contribution < -0.4 is 0 Å². The van der Waals surface area contributed by atoms with E-state index in [1.807, 2.05) is 0 Å². The molecule has 1 unspecified atom stereocenters. The summed E-state index contributed by atoms with van der Waals surface area (Å²) in [6.07, 6.45) is -8.67. The Hall–Kier alpha value is -0.610. The van der Waals surface area contributed by atoms with Crippen molar-refractivity contribution >= 4 is 5.78 Å². The van der Waals surface area contributed by atoms with E-state index in [9.17, 15) is 22.4 Å². The number of Topliss-reactive ketones (excluding diaryl/α,β-unsaturated/α-hetero) is 1. The minimum atomic E-state index is -4.59. The smallest absolute Gasteiger partial charge is 0.297 e. The summed E-state index contributed by atoms with van der Waals surface area (Å²) >= 11 is 0. The van der Waals surface area contributed by atoms with Gasteiger partial charge in [0.2, 0.25) is 0 Å². The zero-order valence-corrected chi connectivity index (χ0v) is 5.20. The standard InChI is InChI=1S/C5H6F4O/c1-3(10)4(6)2-5(7,8)9/h4H,2H2,1H3. The van der Waals surface area contributed by atoms with Gasteiger partial charge in [-0.2, -0.15) is 13.2 Å². The normalized spacial score (nSPS) is 14.9. The molecule has 5 heteroatoms. The van der Waals surface area contributed by atoms with Gasteiger partial charge in [-0.25, -0.2) is 4.39 Å². The molecule has 0 aliphatic rings. The topological polar surface area (TPSA) is 17.1 Å². The summed E-state index contributed by atoms with van der Waals surface area (Å²) in [7, 11) is 0. The average molecular weight is 158 g/mol. The highest BCUT2D eigenvalue weighted by Crippen LogP contribution is 2.23. The Kier molecular flexibility index (Phi) is 2.80. The van der Waals surface area contributed by atoms with Crippen LogP contribution in [0.4, 0.5) is 17.6 Å². The Balaban J connectivity index is 3.80. The maximum atomic E-state index is 12.0. The van der Waals surface area contributed by atoms with Gasteiger partial charge in [0.1, 0.15) is 0 Å². The van der Waals surface area contributed by atoms with E-state index in [0.29, 0.717) is 0 Å². The molecule has 0 saturated heterocycles. The van der Waals surface area contributed by atoms with E-state index in [4.69, 9.17) is 0 Å². The molecule has 0 saturated carbocycles. The molecule has 1 atom stereocenters. The maximum Gasteiger partial charge on any atom is 0.392 e. The van der Waals surface area contributed by atoms with Crippen LogP contribution >= 0.6 is 0 Å². The van der Waals surface area contributed by atoms with Crippen molar-refractivity contribution in [3.8, 4) is 0 Å². The van der Waals surface area contributed by atoms with Crippen LogP contribution in [0.15, 0.2) is 0 Å². The molecule has 0 aromatic rings. The molecule has 0 bridgehead atoms. The molecule has 0 heterocycles. The molecule has 0 rings (SSSR count). The third kappa shape index (κ3) is 4.29. The zero-order valence-electron chi connectivity index (χ0n) is 5.20. The second-order valence-corrected chi connectivity index (χ2v) is 1.90. The minimum Gasteiger partial charge on any atom is -0.297 e. The Morgan fingerprint density at radius 3 is 2.00 bits per heavy atom. The van der Waals surface area contributed by atoms with E-state index >= 15 is 0 Å². The molecular weight excluding hydrogens is 152 g/mol. The van der Waals surface area contributed by atoms with E-state index in [1.165, 1.54) is 0 Å². The average Bonchev–Trinajstić information content (AvgIpc) is 1.60. The Morgan fingerprint density at radius 1 is 1.50 bits per heavy atom. The van der Waals surface area contributed by atoms with Crippen molar-refractivity contribution in [3.63, 3.8) is 0 Å². The molecule has 0 aromatic carbocycles. The number of rotatable bonds is 2. The molecule has 60 valence electrons. The van der Waals surface area contributed by atoms with Gasteiger partial charge in [0, 0.05) is 0 Å². The van der Waals surface area contributed by atoms with Crippen LogP contribution in [0.5, 0.6) is 0 Å². The van der Waals surface area contributed by atoms with Crippen LogP contribution in [0.2, 0.25) is 0 Å². The predicted molar refractivity (Wildman–Crippen MR) is 26.2 cm³/mol. The van der Waals surface area contributed by atoms with Crippen molar-refractivity contribution in [3.05, 3.63) is 0 Å². The molecule has 0 aromatic heterocycles. The number of carbonyl (C=O) groups excluding carboxylic acids is 1. The summed E-state index contributed by atoms with van der Waals surface area (Å²) < 4.78 is 45.8. The summed E-state index contributed by atoms with van der Waals surface area (Å²) in [6.45, 7) is 0.788. The van der Waals surface area contributed by atoms with Crippen molar-refractivity contribution in [2.45, 2.75) is 25.7 Å².